The van der Waals surface area contributed by atoms with Crippen molar-refractivity contribution in [1.29, 1.82) is 0 Å². The molecule has 0 heterocycles. The molecule has 2 fully saturated rings. The number of halogens is 1. The van der Waals surface area contributed by atoms with Crippen LogP contribution in [0.15, 0.2) is 30.3 Å². The van der Waals surface area contributed by atoms with Crippen LogP contribution in [0.2, 0.25) is 0 Å². The molecular formula is C17H19BrO2. The fourth-order valence-electron chi connectivity index (χ4n) is 3.91. The van der Waals surface area contributed by atoms with Crippen molar-refractivity contribution in [3.05, 3.63) is 35.9 Å². The molecule has 3 unspecified atom stereocenters. The van der Waals surface area contributed by atoms with Gasteiger partial charge in [-0.1, -0.05) is 46.3 Å². The third kappa shape index (κ3) is 2.37. The number of hydrogen-bond donors (Lipinski definition) is 0. The van der Waals surface area contributed by atoms with Crippen LogP contribution in [0, 0.1) is 11.3 Å². The number of alkyl halides is 1. The van der Waals surface area contributed by atoms with Gasteiger partial charge in [0, 0.05) is 18.3 Å². The van der Waals surface area contributed by atoms with Crippen molar-refractivity contribution in [2.45, 2.75) is 43.4 Å². The Balaban J connectivity index is 1.95. The van der Waals surface area contributed by atoms with Crippen LogP contribution in [0.3, 0.4) is 0 Å². The molecule has 2 aliphatic rings. The summed E-state index contributed by atoms with van der Waals surface area (Å²) in [4.78, 5) is 24.6. The number of Topliss-reactive ketones (excluding diaryl/α,β-unsaturated/α-hetero) is 2. The van der Waals surface area contributed by atoms with Gasteiger partial charge in [0.1, 0.15) is 5.78 Å². The van der Waals surface area contributed by atoms with Gasteiger partial charge in [0.25, 0.3) is 0 Å². The van der Waals surface area contributed by atoms with E-state index in [1.54, 1.807) is 0 Å². The molecule has 0 aromatic heterocycles. The van der Waals surface area contributed by atoms with Crippen molar-refractivity contribution < 1.29 is 9.59 Å². The molecule has 3 atom stereocenters. The van der Waals surface area contributed by atoms with Crippen LogP contribution in [0.1, 0.15) is 37.7 Å². The zero-order chi connectivity index (χ0) is 14.2. The molecule has 20 heavy (non-hydrogen) atoms. The van der Waals surface area contributed by atoms with Gasteiger partial charge in [-0.25, -0.2) is 0 Å². The summed E-state index contributed by atoms with van der Waals surface area (Å²) < 4.78 is 0. The highest BCUT2D eigenvalue weighted by atomic mass is 79.9. The van der Waals surface area contributed by atoms with E-state index in [1.807, 2.05) is 18.2 Å². The van der Waals surface area contributed by atoms with Crippen LogP contribution < -0.4 is 0 Å². The lowest BCUT2D eigenvalue weighted by Crippen LogP contribution is -2.51. The van der Waals surface area contributed by atoms with Gasteiger partial charge < -0.3 is 0 Å². The molecule has 3 rings (SSSR count). The van der Waals surface area contributed by atoms with E-state index in [4.69, 9.17) is 0 Å². The Morgan fingerprint density at radius 2 is 1.90 bits per heavy atom. The summed E-state index contributed by atoms with van der Waals surface area (Å²) in [5, 5.41) is 0. The van der Waals surface area contributed by atoms with Crippen LogP contribution in [-0.2, 0) is 16.0 Å². The third-order valence-corrected chi connectivity index (χ3v) is 5.89. The van der Waals surface area contributed by atoms with Crippen molar-refractivity contribution in [2.24, 2.45) is 11.3 Å². The topological polar surface area (TPSA) is 34.1 Å². The zero-order valence-electron chi connectivity index (χ0n) is 11.5. The number of fused-ring (bicyclic) bond motifs is 1. The van der Waals surface area contributed by atoms with E-state index in [2.05, 4.69) is 28.1 Å². The van der Waals surface area contributed by atoms with Gasteiger partial charge in [-0.15, -0.1) is 0 Å². The first-order valence-corrected chi connectivity index (χ1v) is 8.27. The molecule has 3 heteroatoms. The second kappa shape index (κ2) is 5.44. The molecule has 106 valence electrons. The van der Waals surface area contributed by atoms with Gasteiger partial charge in [-0.3, -0.25) is 9.59 Å². The van der Waals surface area contributed by atoms with E-state index in [1.165, 1.54) is 5.56 Å². The maximum atomic E-state index is 12.8. The fraction of sp³-hybridized carbons (Fsp3) is 0.529. The predicted molar refractivity (Wildman–Crippen MR) is 81.9 cm³/mol. The quantitative estimate of drug-likeness (QED) is 0.772. The lowest BCUT2D eigenvalue weighted by Gasteiger charge is -2.47. The van der Waals surface area contributed by atoms with Crippen LogP contribution in [-0.4, -0.2) is 16.4 Å². The summed E-state index contributed by atoms with van der Waals surface area (Å²) in [6.45, 7) is 0. The summed E-state index contributed by atoms with van der Waals surface area (Å²) in [6.07, 6.45) is 4.53. The Hall–Kier alpha value is -0.960. The van der Waals surface area contributed by atoms with Crippen molar-refractivity contribution in [1.82, 2.24) is 0 Å². The first-order chi connectivity index (χ1) is 9.62. The summed E-state index contributed by atoms with van der Waals surface area (Å²) in [7, 11) is 0. The molecule has 0 amide bonds. The van der Waals surface area contributed by atoms with Crippen LogP contribution >= 0.6 is 15.9 Å². The van der Waals surface area contributed by atoms with Gasteiger partial charge in [0.2, 0.25) is 0 Å². The number of carbonyl (C=O) groups is 2. The normalized spacial score (nSPS) is 33.9. The van der Waals surface area contributed by atoms with Gasteiger partial charge >= 0.3 is 0 Å². The highest BCUT2D eigenvalue weighted by Crippen LogP contribution is 2.50. The second-order valence-corrected chi connectivity index (χ2v) is 7.27. The van der Waals surface area contributed by atoms with Crippen molar-refractivity contribution in [2.75, 3.05) is 0 Å². The molecule has 2 saturated carbocycles. The van der Waals surface area contributed by atoms with Crippen LogP contribution in [0.25, 0.3) is 0 Å². The van der Waals surface area contributed by atoms with Gasteiger partial charge in [0.05, 0.1) is 4.83 Å². The Bertz CT molecular complexity index is 525. The molecule has 1 aromatic rings. The number of carbonyl (C=O) groups excluding carboxylic acids is 2. The molecular weight excluding hydrogens is 316 g/mol. The average molecular weight is 335 g/mol. The van der Waals surface area contributed by atoms with Crippen molar-refractivity contribution in [3.8, 4) is 0 Å². The summed E-state index contributed by atoms with van der Waals surface area (Å²) in [5.74, 6) is 0.898. The number of rotatable bonds is 2. The van der Waals surface area contributed by atoms with Crippen LogP contribution in [0.5, 0.6) is 0 Å². The summed E-state index contributed by atoms with van der Waals surface area (Å²) >= 11 is 3.54. The molecule has 1 aromatic carbocycles. The van der Waals surface area contributed by atoms with E-state index < -0.39 is 0 Å². The lowest BCUT2D eigenvalue weighted by atomic mass is 9.56. The van der Waals surface area contributed by atoms with E-state index >= 15 is 0 Å². The maximum Gasteiger partial charge on any atom is 0.153 e. The maximum absolute atomic E-state index is 12.8. The smallest absolute Gasteiger partial charge is 0.153 e. The Labute approximate surface area is 128 Å². The Morgan fingerprint density at radius 3 is 2.65 bits per heavy atom. The van der Waals surface area contributed by atoms with Gasteiger partial charge in [0.15, 0.2) is 5.78 Å². The monoisotopic (exact) mass is 334 g/mol. The van der Waals surface area contributed by atoms with Gasteiger partial charge in [-0.05, 0) is 37.2 Å². The number of benzene rings is 1. The molecule has 2 aliphatic carbocycles. The van der Waals surface area contributed by atoms with Gasteiger partial charge in [-0.2, -0.15) is 0 Å². The molecule has 0 spiro atoms. The standard InChI is InChI=1S/C17H19BrO2/c18-15-7-6-13-10-14(19)8-9-17(13,16(15)20)11-12-4-2-1-3-5-12/h1-5,13,15H,6-11H2. The van der Waals surface area contributed by atoms with E-state index in [-0.39, 0.29) is 16.2 Å². The number of hydrogen-bond acceptors (Lipinski definition) is 2. The largest absolute Gasteiger partial charge is 0.300 e. The molecule has 0 radical (unpaired) electrons. The van der Waals surface area contributed by atoms with E-state index in [0.717, 1.165) is 25.7 Å². The third-order valence-electron chi connectivity index (χ3n) is 5.01. The lowest BCUT2D eigenvalue weighted by molar-refractivity contribution is -0.141. The molecule has 0 bridgehead atoms. The molecule has 2 nitrogen and oxygen atoms in total. The van der Waals surface area contributed by atoms with Crippen molar-refractivity contribution >= 4 is 27.5 Å². The summed E-state index contributed by atoms with van der Waals surface area (Å²) in [6, 6.07) is 10.2. The minimum absolute atomic E-state index is 0.0318. The highest BCUT2D eigenvalue weighted by molar-refractivity contribution is 9.10. The fourth-order valence-corrected chi connectivity index (χ4v) is 4.63. The minimum atomic E-state index is -0.318. The predicted octanol–water partition coefficient (Wildman–Crippen LogP) is 3.71. The first-order valence-electron chi connectivity index (χ1n) is 7.36. The molecule has 0 saturated heterocycles. The van der Waals surface area contributed by atoms with E-state index in [0.29, 0.717) is 24.4 Å². The minimum Gasteiger partial charge on any atom is -0.300 e. The van der Waals surface area contributed by atoms with Crippen molar-refractivity contribution in [3.63, 3.8) is 0 Å². The molecule has 0 aliphatic heterocycles. The number of ketones is 2. The highest BCUT2D eigenvalue weighted by Gasteiger charge is 2.52. The Kier molecular flexibility index (Phi) is 3.80. The molecule has 0 N–H and O–H groups in total. The SMILES string of the molecule is O=C1CCC2(Cc3ccccc3)C(=O)C(Br)CCC2C1. The summed E-state index contributed by atoms with van der Waals surface area (Å²) in [5.41, 5.74) is 0.892. The zero-order valence-corrected chi connectivity index (χ0v) is 13.1. The Morgan fingerprint density at radius 1 is 1.15 bits per heavy atom. The first kappa shape index (κ1) is 14.0. The second-order valence-electron chi connectivity index (χ2n) is 6.17. The van der Waals surface area contributed by atoms with E-state index in [9.17, 15) is 9.59 Å². The van der Waals surface area contributed by atoms with Crippen LogP contribution in [0.4, 0.5) is 0 Å². The average Bonchev–Trinajstić information content (AvgIpc) is 2.46.